The fraction of sp³-hybridized carbons (Fsp3) is 0.0769. The molecule has 0 radical (unpaired) electrons. The molecule has 92 valence electrons. The van der Waals surface area contributed by atoms with E-state index < -0.39 is 19.8 Å². The molecule has 0 saturated carbocycles. The minimum atomic E-state index is -1.92. The van der Waals surface area contributed by atoms with Crippen LogP contribution in [0.1, 0.15) is 0 Å². The predicted molar refractivity (Wildman–Crippen MR) is 83.8 cm³/mol. The van der Waals surface area contributed by atoms with Crippen molar-refractivity contribution in [2.45, 2.75) is 4.94 Å². The Morgan fingerprint density at radius 2 is 1.06 bits per heavy atom. The van der Waals surface area contributed by atoms with Crippen LogP contribution in [0.2, 0.25) is 25.0 Å². The summed E-state index contributed by atoms with van der Waals surface area (Å²) in [4.78, 5) is 2.28. The molecule has 2 aromatic carbocycles. The second kappa shape index (κ2) is 6.23. The van der Waals surface area contributed by atoms with Crippen molar-refractivity contribution < 1.29 is 0 Å². The fourth-order valence-corrected chi connectivity index (χ4v) is 7.66. The van der Waals surface area contributed by atoms with Crippen molar-refractivity contribution in [2.75, 3.05) is 0 Å². The van der Waals surface area contributed by atoms with Crippen LogP contribution in [0.3, 0.4) is 0 Å². The van der Waals surface area contributed by atoms with Gasteiger partial charge in [-0.3, -0.25) is 0 Å². The molecule has 0 spiro atoms. The van der Waals surface area contributed by atoms with Gasteiger partial charge in [-0.25, -0.2) is 0 Å². The van der Waals surface area contributed by atoms with Gasteiger partial charge >= 0.3 is 135 Å². The van der Waals surface area contributed by atoms with Gasteiger partial charge in [0.15, 0.2) is 0 Å². The van der Waals surface area contributed by atoms with Crippen molar-refractivity contribution in [2.24, 2.45) is 0 Å². The van der Waals surface area contributed by atoms with Gasteiger partial charge in [-0.05, 0) is 0 Å². The Bertz CT molecular complexity index is 532. The number of halogens is 4. The molecule has 0 aromatic heterocycles. The van der Waals surface area contributed by atoms with Gasteiger partial charge in [-0.15, -0.1) is 0 Å². The Morgan fingerprint density at radius 3 is 1.39 bits per heavy atom. The molecular weight excluding hydrogens is 417 g/mol. The van der Waals surface area contributed by atoms with E-state index in [0.29, 0.717) is 20.1 Å². The molecule has 0 atom stereocenters. The van der Waals surface area contributed by atoms with E-state index in [1.807, 2.05) is 36.4 Å². The van der Waals surface area contributed by atoms with Gasteiger partial charge in [0.1, 0.15) is 0 Å². The van der Waals surface area contributed by atoms with Crippen LogP contribution in [0.25, 0.3) is 0 Å². The Kier molecular flexibility index (Phi) is 5.12. The predicted octanol–water partition coefficient (Wildman–Crippen LogP) is 4.54. The first-order chi connectivity index (χ1) is 8.49. The zero-order valence-corrected chi connectivity index (χ0v) is 15.4. The third-order valence-electron chi connectivity index (χ3n) is 2.71. The molecule has 2 rings (SSSR count). The SMILES string of the molecule is [CH3][Sn+]([c]1ccc(Cl)c(Cl)c1)[c]1ccc(Cl)c(Cl)c1. The van der Waals surface area contributed by atoms with Gasteiger partial charge in [0.2, 0.25) is 0 Å². The standard InChI is InChI=1S/2C6H3Cl2.CH3.Sn/c2*7-5-3-1-2-4-6(5)8;;/h2*1,3-4H;1H3;/q;;;+1. The number of hydrogen-bond donors (Lipinski definition) is 0. The van der Waals surface area contributed by atoms with Gasteiger partial charge in [0, 0.05) is 0 Å². The maximum atomic E-state index is 6.05. The molecule has 0 fully saturated rings. The summed E-state index contributed by atoms with van der Waals surface area (Å²) in [5.74, 6) is 0. The summed E-state index contributed by atoms with van der Waals surface area (Å²) in [6.07, 6.45) is 0. The number of benzene rings is 2. The first-order valence-corrected chi connectivity index (χ1v) is 12.5. The molecule has 0 amide bonds. The summed E-state index contributed by atoms with van der Waals surface area (Å²) in [6, 6.07) is 11.7. The number of rotatable bonds is 2. The van der Waals surface area contributed by atoms with Crippen LogP contribution in [0.5, 0.6) is 0 Å². The van der Waals surface area contributed by atoms with Gasteiger partial charge < -0.3 is 0 Å². The molecule has 18 heavy (non-hydrogen) atoms. The van der Waals surface area contributed by atoms with Gasteiger partial charge in [-0.2, -0.15) is 0 Å². The quantitative estimate of drug-likeness (QED) is 0.620. The maximum absolute atomic E-state index is 6.05. The van der Waals surface area contributed by atoms with E-state index in [4.69, 9.17) is 46.4 Å². The molecule has 0 aliphatic carbocycles. The van der Waals surface area contributed by atoms with Crippen LogP contribution in [0.4, 0.5) is 0 Å². The van der Waals surface area contributed by atoms with Crippen LogP contribution in [0.15, 0.2) is 36.4 Å². The van der Waals surface area contributed by atoms with Crippen molar-refractivity contribution >= 4 is 73.3 Å². The monoisotopic (exact) mass is 425 g/mol. The van der Waals surface area contributed by atoms with Crippen molar-refractivity contribution in [3.05, 3.63) is 56.5 Å². The third-order valence-corrected chi connectivity index (χ3v) is 10.9. The van der Waals surface area contributed by atoms with Crippen molar-refractivity contribution in [1.29, 1.82) is 0 Å². The molecule has 0 nitrogen and oxygen atoms in total. The molecule has 0 unspecified atom stereocenters. The van der Waals surface area contributed by atoms with E-state index in [-0.39, 0.29) is 0 Å². The van der Waals surface area contributed by atoms with Crippen LogP contribution < -0.4 is 7.16 Å². The summed E-state index contributed by atoms with van der Waals surface area (Å²) < 4.78 is 2.57. The van der Waals surface area contributed by atoms with Crippen LogP contribution in [-0.2, 0) is 0 Å². The summed E-state index contributed by atoms with van der Waals surface area (Å²) in [5, 5.41) is 2.39. The Labute approximate surface area is 134 Å². The normalized spacial score (nSPS) is 10.5. The molecule has 0 aliphatic heterocycles. The van der Waals surface area contributed by atoms with E-state index in [1.54, 1.807) is 0 Å². The minimum absolute atomic E-state index is 0.589. The zero-order chi connectivity index (χ0) is 13.3. The Balaban J connectivity index is 2.37. The molecular formula is C13H9Cl4Sn+. The molecule has 0 saturated heterocycles. The van der Waals surface area contributed by atoms with Crippen LogP contribution in [0, 0.1) is 0 Å². The summed E-state index contributed by atoms with van der Waals surface area (Å²) in [6.45, 7) is 0. The van der Waals surface area contributed by atoms with Crippen molar-refractivity contribution in [3.63, 3.8) is 0 Å². The molecule has 0 N–H and O–H groups in total. The van der Waals surface area contributed by atoms with E-state index in [0.717, 1.165) is 0 Å². The van der Waals surface area contributed by atoms with E-state index in [2.05, 4.69) is 4.94 Å². The third kappa shape index (κ3) is 3.29. The average Bonchev–Trinajstić information content (AvgIpc) is 2.35. The van der Waals surface area contributed by atoms with Gasteiger partial charge in [-0.1, -0.05) is 0 Å². The first kappa shape index (κ1) is 14.8. The van der Waals surface area contributed by atoms with E-state index in [1.165, 1.54) is 7.16 Å². The van der Waals surface area contributed by atoms with Crippen molar-refractivity contribution in [3.8, 4) is 0 Å². The molecule has 2 aromatic rings. The molecule has 0 aliphatic rings. The number of hydrogen-bond acceptors (Lipinski definition) is 0. The van der Waals surface area contributed by atoms with Crippen LogP contribution >= 0.6 is 46.4 Å². The first-order valence-electron chi connectivity index (χ1n) is 5.23. The summed E-state index contributed by atoms with van der Waals surface area (Å²) in [5.41, 5.74) is 0. The summed E-state index contributed by atoms with van der Waals surface area (Å²) >= 11 is 22.0. The van der Waals surface area contributed by atoms with E-state index in [9.17, 15) is 0 Å². The van der Waals surface area contributed by atoms with Gasteiger partial charge in [0.05, 0.1) is 0 Å². The Morgan fingerprint density at radius 1 is 0.667 bits per heavy atom. The second-order valence-electron chi connectivity index (χ2n) is 3.88. The van der Waals surface area contributed by atoms with Crippen LogP contribution in [-0.4, -0.2) is 19.8 Å². The zero-order valence-electron chi connectivity index (χ0n) is 9.48. The van der Waals surface area contributed by atoms with Gasteiger partial charge in [0.25, 0.3) is 0 Å². The summed E-state index contributed by atoms with van der Waals surface area (Å²) in [7, 11) is 0. The molecule has 5 heteroatoms. The fourth-order valence-electron chi connectivity index (χ4n) is 1.63. The molecule has 0 heterocycles. The topological polar surface area (TPSA) is 0 Å². The van der Waals surface area contributed by atoms with E-state index >= 15 is 0 Å². The Hall–Kier alpha value is 0.399. The second-order valence-corrected chi connectivity index (χ2v) is 12.4. The molecule has 0 bridgehead atoms. The van der Waals surface area contributed by atoms with Crippen molar-refractivity contribution in [1.82, 2.24) is 0 Å². The average molecular weight is 426 g/mol.